The van der Waals surface area contributed by atoms with Crippen molar-refractivity contribution in [3.8, 4) is 11.5 Å². The van der Waals surface area contributed by atoms with E-state index in [0.29, 0.717) is 11.4 Å². The second-order valence-electron chi connectivity index (χ2n) is 8.45. The van der Waals surface area contributed by atoms with E-state index in [1.807, 2.05) is 32.0 Å². The molecule has 1 heterocycles. The smallest absolute Gasteiger partial charge is 0.243 e. The van der Waals surface area contributed by atoms with E-state index in [4.69, 9.17) is 9.47 Å². The molecule has 10 heteroatoms. The molecule has 1 aliphatic rings. The summed E-state index contributed by atoms with van der Waals surface area (Å²) < 4.78 is 38.1. The van der Waals surface area contributed by atoms with Gasteiger partial charge >= 0.3 is 0 Å². The van der Waals surface area contributed by atoms with E-state index in [2.05, 4.69) is 10.6 Å². The zero-order valence-corrected chi connectivity index (χ0v) is 20.0. The zero-order valence-electron chi connectivity index (χ0n) is 19.2. The van der Waals surface area contributed by atoms with Gasteiger partial charge in [-0.1, -0.05) is 12.1 Å². The van der Waals surface area contributed by atoms with Crippen molar-refractivity contribution in [2.45, 2.75) is 37.7 Å². The lowest BCUT2D eigenvalue weighted by atomic mass is 10.0. The third-order valence-electron chi connectivity index (χ3n) is 4.99. The fourth-order valence-corrected chi connectivity index (χ4v) is 4.62. The van der Waals surface area contributed by atoms with Gasteiger partial charge in [-0.15, -0.1) is 0 Å². The molecule has 0 aliphatic carbocycles. The van der Waals surface area contributed by atoms with Crippen LogP contribution in [0.25, 0.3) is 0 Å². The molecule has 178 valence electrons. The lowest BCUT2D eigenvalue weighted by molar-refractivity contribution is -0.121. The first-order valence-electron chi connectivity index (χ1n) is 10.5. The summed E-state index contributed by atoms with van der Waals surface area (Å²) in [5, 5.41) is 5.24. The molecule has 0 spiro atoms. The molecule has 2 aromatic carbocycles. The second kappa shape index (κ2) is 9.80. The van der Waals surface area contributed by atoms with Crippen LogP contribution in [0.1, 0.15) is 26.3 Å². The van der Waals surface area contributed by atoms with Crippen LogP contribution in [-0.2, 0) is 26.0 Å². The summed E-state index contributed by atoms with van der Waals surface area (Å²) in [6.07, 6.45) is 0.799. The summed E-state index contributed by atoms with van der Waals surface area (Å²) in [7, 11) is -2.53. The number of benzene rings is 2. The molecule has 0 saturated heterocycles. The normalized spacial score (nSPS) is 14.3. The fraction of sp³-hybridized carbons (Fsp3) is 0.391. The van der Waals surface area contributed by atoms with Crippen molar-refractivity contribution in [1.29, 1.82) is 0 Å². The van der Waals surface area contributed by atoms with Gasteiger partial charge in [0.05, 0.1) is 18.0 Å². The zero-order chi connectivity index (χ0) is 24.2. The number of hydrogen-bond acceptors (Lipinski definition) is 6. The van der Waals surface area contributed by atoms with Crippen molar-refractivity contribution in [3.63, 3.8) is 0 Å². The van der Waals surface area contributed by atoms with E-state index in [1.165, 1.54) is 38.2 Å². The predicted molar refractivity (Wildman–Crippen MR) is 124 cm³/mol. The van der Waals surface area contributed by atoms with E-state index in [-0.39, 0.29) is 36.1 Å². The number of nitrogens with one attached hydrogen (secondary N) is 2. The Morgan fingerprint density at radius 1 is 1.15 bits per heavy atom. The molecule has 9 nitrogen and oxygen atoms in total. The molecule has 2 N–H and O–H groups in total. The van der Waals surface area contributed by atoms with Crippen molar-refractivity contribution in [1.82, 2.24) is 9.62 Å². The van der Waals surface area contributed by atoms with Crippen LogP contribution in [0.4, 0.5) is 5.69 Å². The summed E-state index contributed by atoms with van der Waals surface area (Å²) in [5.41, 5.74) is 1.29. The monoisotopic (exact) mass is 475 g/mol. The average molecular weight is 476 g/mol. The van der Waals surface area contributed by atoms with Crippen LogP contribution in [0.3, 0.4) is 0 Å². The van der Waals surface area contributed by atoms with E-state index in [1.54, 1.807) is 0 Å². The number of para-hydroxylation sites is 1. The summed E-state index contributed by atoms with van der Waals surface area (Å²) in [6.45, 7) is 5.48. The van der Waals surface area contributed by atoms with Crippen molar-refractivity contribution in [2.24, 2.45) is 0 Å². The highest BCUT2D eigenvalue weighted by atomic mass is 32.2. The third kappa shape index (κ3) is 6.23. The first-order chi connectivity index (χ1) is 15.5. The van der Waals surface area contributed by atoms with Gasteiger partial charge in [0, 0.05) is 31.6 Å². The van der Waals surface area contributed by atoms with Gasteiger partial charge in [0.2, 0.25) is 21.8 Å². The number of rotatable bonds is 9. The van der Waals surface area contributed by atoms with Crippen molar-refractivity contribution in [2.75, 3.05) is 32.1 Å². The molecule has 0 saturated carbocycles. The molecule has 0 unspecified atom stereocenters. The van der Waals surface area contributed by atoms with Crippen LogP contribution in [0.15, 0.2) is 47.4 Å². The molecule has 0 atom stereocenters. The Balaban J connectivity index is 1.48. The molecule has 0 radical (unpaired) electrons. The van der Waals surface area contributed by atoms with Gasteiger partial charge in [0.15, 0.2) is 11.5 Å². The molecule has 2 amide bonds. The summed E-state index contributed by atoms with van der Waals surface area (Å²) in [5.74, 6) is 0.644. The van der Waals surface area contributed by atoms with Crippen LogP contribution in [0.2, 0.25) is 0 Å². The summed E-state index contributed by atoms with van der Waals surface area (Å²) in [6, 6.07) is 11.5. The van der Waals surface area contributed by atoms with Crippen LogP contribution >= 0.6 is 0 Å². The Morgan fingerprint density at radius 3 is 2.52 bits per heavy atom. The van der Waals surface area contributed by atoms with Crippen LogP contribution in [0, 0.1) is 0 Å². The number of fused-ring (bicyclic) bond motifs is 1. The molecule has 3 rings (SSSR count). The second-order valence-corrected chi connectivity index (χ2v) is 10.5. The molecular formula is C23H29N3O6S. The highest BCUT2D eigenvalue weighted by molar-refractivity contribution is 7.89. The number of sulfonamides is 1. The molecule has 33 heavy (non-hydrogen) atoms. The van der Waals surface area contributed by atoms with Crippen molar-refractivity contribution >= 4 is 27.5 Å². The minimum absolute atomic E-state index is 0.0242. The Bertz CT molecular complexity index is 1130. The van der Waals surface area contributed by atoms with Crippen molar-refractivity contribution < 1.29 is 27.5 Å². The lowest BCUT2D eigenvalue weighted by Gasteiger charge is -2.18. The molecule has 1 aliphatic heterocycles. The number of carbonyl (C=O) groups is 2. The van der Waals surface area contributed by atoms with Crippen LogP contribution < -0.4 is 20.1 Å². The lowest BCUT2D eigenvalue weighted by Crippen LogP contribution is -2.39. The number of nitrogens with zero attached hydrogens (tertiary/aromatic N) is 1. The van der Waals surface area contributed by atoms with Crippen molar-refractivity contribution in [3.05, 3.63) is 48.0 Å². The topological polar surface area (TPSA) is 114 Å². The van der Waals surface area contributed by atoms with Gasteiger partial charge in [-0.05, 0) is 44.2 Å². The maximum absolute atomic E-state index is 12.7. The van der Waals surface area contributed by atoms with E-state index in [9.17, 15) is 18.0 Å². The van der Waals surface area contributed by atoms with Gasteiger partial charge < -0.3 is 20.1 Å². The number of anilines is 1. The SMILES string of the molecule is CC(=O)Nc1ccc(S(=O)(=O)N(C)CC(=O)NCCOc2cccc3c2OC(C)(C)C3)cc1. The highest BCUT2D eigenvalue weighted by Gasteiger charge is 2.32. The number of ether oxygens (including phenoxy) is 2. The first kappa shape index (κ1) is 24.5. The summed E-state index contributed by atoms with van der Waals surface area (Å²) >= 11 is 0. The van der Waals surface area contributed by atoms with Gasteiger partial charge in [-0.2, -0.15) is 4.31 Å². The number of amides is 2. The quantitative estimate of drug-likeness (QED) is 0.538. The average Bonchev–Trinajstić information content (AvgIpc) is 3.05. The number of carbonyl (C=O) groups excluding carboxylic acids is 2. The predicted octanol–water partition coefficient (Wildman–Crippen LogP) is 2.17. The Hall–Kier alpha value is -3.11. The standard InChI is InChI=1S/C23H29N3O6S/c1-16(27)25-18-8-10-19(11-9-18)33(29,30)26(4)15-21(28)24-12-13-31-20-7-5-6-17-14-23(2,3)32-22(17)20/h5-11H,12-15H2,1-4H3,(H,24,28)(H,25,27). The largest absolute Gasteiger partial charge is 0.488 e. The van der Waals surface area contributed by atoms with Gasteiger partial charge in [0.25, 0.3) is 0 Å². The highest BCUT2D eigenvalue weighted by Crippen LogP contribution is 2.41. The molecular weight excluding hydrogens is 446 g/mol. The Kier molecular flexibility index (Phi) is 7.28. The summed E-state index contributed by atoms with van der Waals surface area (Å²) in [4.78, 5) is 23.4. The molecule has 0 fully saturated rings. The molecule has 0 bridgehead atoms. The van der Waals surface area contributed by atoms with Gasteiger partial charge in [0.1, 0.15) is 12.2 Å². The molecule has 2 aromatic rings. The van der Waals surface area contributed by atoms with Gasteiger partial charge in [-0.25, -0.2) is 8.42 Å². The van der Waals surface area contributed by atoms with Crippen LogP contribution in [-0.4, -0.2) is 56.9 Å². The maximum atomic E-state index is 12.7. The van der Waals surface area contributed by atoms with E-state index in [0.717, 1.165) is 22.0 Å². The maximum Gasteiger partial charge on any atom is 0.243 e. The van der Waals surface area contributed by atoms with Gasteiger partial charge in [-0.3, -0.25) is 9.59 Å². The van der Waals surface area contributed by atoms with Crippen LogP contribution in [0.5, 0.6) is 11.5 Å². The Morgan fingerprint density at radius 2 is 1.85 bits per heavy atom. The number of likely N-dealkylation sites (N-methyl/N-ethyl adjacent to an activating group) is 1. The molecule has 0 aromatic heterocycles. The third-order valence-corrected chi connectivity index (χ3v) is 6.80. The fourth-order valence-electron chi connectivity index (χ4n) is 3.49. The minimum Gasteiger partial charge on any atom is -0.488 e. The minimum atomic E-state index is -3.86. The van der Waals surface area contributed by atoms with E-state index >= 15 is 0 Å². The number of hydrogen-bond donors (Lipinski definition) is 2. The first-order valence-corrected chi connectivity index (χ1v) is 12.0. The Labute approximate surface area is 194 Å². The van der Waals surface area contributed by atoms with E-state index < -0.39 is 15.9 Å².